The average molecular weight is 363 g/mol. The summed E-state index contributed by atoms with van der Waals surface area (Å²) in [6.45, 7) is 3.67. The summed E-state index contributed by atoms with van der Waals surface area (Å²) in [5.74, 6) is -4.19. The zero-order valence-electron chi connectivity index (χ0n) is 13.3. The number of halogens is 3. The largest absolute Gasteiger partial charge is 0.444 e. The van der Waals surface area contributed by atoms with Crippen molar-refractivity contribution in [1.82, 2.24) is 20.2 Å². The number of nitrogens with zero attached hydrogens (tertiary/aromatic N) is 3. The second kappa shape index (κ2) is 6.46. The number of likely N-dealkylation sites (tertiary alicyclic amines) is 1. The van der Waals surface area contributed by atoms with E-state index in [4.69, 9.17) is 16.3 Å². The fourth-order valence-electron chi connectivity index (χ4n) is 2.10. The molecular weight excluding hydrogens is 346 g/mol. The Kier molecular flexibility index (Phi) is 4.93. The Morgan fingerprint density at radius 1 is 1.38 bits per heavy atom. The number of amides is 2. The molecule has 0 bridgehead atoms. The fraction of sp³-hybridized carbons (Fsp3) is 0.571. The third kappa shape index (κ3) is 4.28. The molecule has 24 heavy (non-hydrogen) atoms. The van der Waals surface area contributed by atoms with E-state index in [0.29, 0.717) is 0 Å². The second-order valence-electron chi connectivity index (χ2n) is 6.34. The number of alkyl halides is 2. The number of carbonyl (C=O) groups excluding carboxylic acids is 2. The van der Waals surface area contributed by atoms with Gasteiger partial charge < -0.3 is 10.1 Å². The first-order valence-electron chi connectivity index (χ1n) is 7.13. The van der Waals surface area contributed by atoms with Crippen molar-refractivity contribution in [3.63, 3.8) is 0 Å². The van der Waals surface area contributed by atoms with Gasteiger partial charge in [0.15, 0.2) is 10.8 Å². The zero-order chi connectivity index (χ0) is 18.1. The van der Waals surface area contributed by atoms with Gasteiger partial charge in [-0.2, -0.15) is 0 Å². The van der Waals surface area contributed by atoms with Crippen LogP contribution in [0.4, 0.5) is 13.6 Å². The SMILES string of the molecule is CC(C)(C)OC(=O)N1C[C@H](NC(=O)c2nccnc2Cl)C(F)(F)C1. The molecule has 1 saturated heterocycles. The number of carbonyl (C=O) groups is 2. The standard InChI is InChI=1S/C14H17ClF2N4O3/c1-13(2,3)24-12(23)21-6-8(14(16,17)7-21)20-11(22)9-10(15)19-5-4-18-9/h4-5,8H,6-7H2,1-3H3,(H,20,22)/t8-/m0/s1. The number of hydrogen-bond donors (Lipinski definition) is 1. The lowest BCUT2D eigenvalue weighted by molar-refractivity contribution is -0.0154. The van der Waals surface area contributed by atoms with Gasteiger partial charge in [-0.25, -0.2) is 23.5 Å². The first-order chi connectivity index (χ1) is 11.0. The number of ether oxygens (including phenoxy) is 1. The van der Waals surface area contributed by atoms with E-state index in [9.17, 15) is 18.4 Å². The summed E-state index contributed by atoms with van der Waals surface area (Å²) in [5.41, 5.74) is -1.06. The van der Waals surface area contributed by atoms with Crippen molar-refractivity contribution in [1.29, 1.82) is 0 Å². The quantitative estimate of drug-likeness (QED) is 0.871. The first-order valence-corrected chi connectivity index (χ1v) is 7.50. The van der Waals surface area contributed by atoms with Gasteiger partial charge in [0.2, 0.25) is 0 Å². The summed E-state index contributed by atoms with van der Waals surface area (Å²) in [5, 5.41) is 1.95. The second-order valence-corrected chi connectivity index (χ2v) is 6.70. The van der Waals surface area contributed by atoms with Gasteiger partial charge in [-0.3, -0.25) is 9.69 Å². The Hall–Kier alpha value is -2.03. The number of rotatable bonds is 2. The molecule has 2 rings (SSSR count). The summed E-state index contributed by atoms with van der Waals surface area (Å²) in [6.07, 6.45) is 1.63. The molecule has 1 aromatic rings. The molecule has 0 saturated carbocycles. The predicted octanol–water partition coefficient (Wildman–Crippen LogP) is 2.11. The monoisotopic (exact) mass is 362 g/mol. The van der Waals surface area contributed by atoms with Crippen molar-refractivity contribution in [2.75, 3.05) is 13.1 Å². The van der Waals surface area contributed by atoms with Crippen LogP contribution in [0.5, 0.6) is 0 Å². The van der Waals surface area contributed by atoms with E-state index in [-0.39, 0.29) is 17.4 Å². The smallest absolute Gasteiger partial charge is 0.410 e. The van der Waals surface area contributed by atoms with Crippen LogP contribution in [0.15, 0.2) is 12.4 Å². The van der Waals surface area contributed by atoms with Gasteiger partial charge in [-0.1, -0.05) is 11.6 Å². The molecule has 7 nitrogen and oxygen atoms in total. The summed E-state index contributed by atoms with van der Waals surface area (Å²) in [4.78, 5) is 32.2. The van der Waals surface area contributed by atoms with E-state index >= 15 is 0 Å². The number of hydrogen-bond acceptors (Lipinski definition) is 5. The van der Waals surface area contributed by atoms with Crippen LogP contribution < -0.4 is 5.32 Å². The van der Waals surface area contributed by atoms with Crippen LogP contribution in [0, 0.1) is 0 Å². The molecule has 132 valence electrons. The molecule has 2 heterocycles. The van der Waals surface area contributed by atoms with Crippen molar-refractivity contribution in [2.24, 2.45) is 0 Å². The van der Waals surface area contributed by atoms with Crippen LogP contribution in [0.25, 0.3) is 0 Å². The van der Waals surface area contributed by atoms with Crippen LogP contribution in [-0.4, -0.2) is 57.5 Å². The molecule has 1 aliphatic heterocycles. The van der Waals surface area contributed by atoms with E-state index in [0.717, 1.165) is 4.90 Å². The molecule has 10 heteroatoms. The highest BCUT2D eigenvalue weighted by Gasteiger charge is 2.51. The molecule has 0 spiro atoms. The summed E-state index contributed by atoms with van der Waals surface area (Å²) in [6, 6.07) is -1.57. The van der Waals surface area contributed by atoms with Crippen molar-refractivity contribution in [2.45, 2.75) is 38.3 Å². The number of nitrogens with one attached hydrogen (secondary N) is 1. The summed E-state index contributed by atoms with van der Waals surface area (Å²) in [7, 11) is 0. The molecule has 1 aromatic heterocycles. The molecular formula is C14H17ClF2N4O3. The number of aromatic nitrogens is 2. The van der Waals surface area contributed by atoms with E-state index in [1.807, 2.05) is 0 Å². The summed E-state index contributed by atoms with van der Waals surface area (Å²) < 4.78 is 33.3. The zero-order valence-corrected chi connectivity index (χ0v) is 14.1. The maximum Gasteiger partial charge on any atom is 0.410 e. The van der Waals surface area contributed by atoms with Gasteiger partial charge in [0.25, 0.3) is 11.8 Å². The highest BCUT2D eigenvalue weighted by atomic mass is 35.5. The molecule has 1 aliphatic rings. The third-order valence-corrected chi connectivity index (χ3v) is 3.42. The third-order valence-electron chi connectivity index (χ3n) is 3.14. The normalized spacial score (nSPS) is 19.9. The molecule has 0 aliphatic carbocycles. The fourth-order valence-corrected chi connectivity index (χ4v) is 2.29. The van der Waals surface area contributed by atoms with Crippen LogP contribution in [0.3, 0.4) is 0 Å². The minimum absolute atomic E-state index is 0.194. The Bertz CT molecular complexity index is 651. The maximum atomic E-state index is 14.1. The van der Waals surface area contributed by atoms with Crippen molar-refractivity contribution >= 4 is 23.6 Å². The lowest BCUT2D eigenvalue weighted by Gasteiger charge is -2.24. The molecule has 1 N–H and O–H groups in total. The van der Waals surface area contributed by atoms with Crippen LogP contribution in [-0.2, 0) is 4.74 Å². The van der Waals surface area contributed by atoms with Crippen LogP contribution in [0.1, 0.15) is 31.3 Å². The lowest BCUT2D eigenvalue weighted by Crippen LogP contribution is -2.47. The lowest BCUT2D eigenvalue weighted by atomic mass is 10.2. The highest BCUT2D eigenvalue weighted by molar-refractivity contribution is 6.32. The summed E-state index contributed by atoms with van der Waals surface area (Å²) >= 11 is 5.72. The van der Waals surface area contributed by atoms with Crippen molar-refractivity contribution in [3.8, 4) is 0 Å². The van der Waals surface area contributed by atoms with E-state index in [2.05, 4.69) is 15.3 Å². The molecule has 2 amide bonds. The molecule has 0 radical (unpaired) electrons. The Balaban J connectivity index is 2.07. The van der Waals surface area contributed by atoms with Crippen molar-refractivity contribution < 1.29 is 23.1 Å². The first kappa shape index (κ1) is 18.3. The molecule has 1 fully saturated rings. The van der Waals surface area contributed by atoms with Crippen LogP contribution in [0.2, 0.25) is 5.15 Å². The Morgan fingerprint density at radius 2 is 2.00 bits per heavy atom. The highest BCUT2D eigenvalue weighted by Crippen LogP contribution is 2.29. The van der Waals surface area contributed by atoms with E-state index in [1.54, 1.807) is 20.8 Å². The Morgan fingerprint density at radius 3 is 2.58 bits per heavy atom. The van der Waals surface area contributed by atoms with Gasteiger partial charge in [-0.15, -0.1) is 0 Å². The van der Waals surface area contributed by atoms with Crippen molar-refractivity contribution in [3.05, 3.63) is 23.2 Å². The molecule has 0 unspecified atom stereocenters. The van der Waals surface area contributed by atoms with Gasteiger partial charge in [0.05, 0.1) is 13.1 Å². The van der Waals surface area contributed by atoms with Gasteiger partial charge in [0, 0.05) is 12.4 Å². The van der Waals surface area contributed by atoms with Gasteiger partial charge in [0.1, 0.15) is 11.6 Å². The van der Waals surface area contributed by atoms with E-state index in [1.165, 1.54) is 12.4 Å². The molecule has 1 atom stereocenters. The van der Waals surface area contributed by atoms with Crippen LogP contribution >= 0.6 is 11.6 Å². The topological polar surface area (TPSA) is 84.4 Å². The predicted molar refractivity (Wildman–Crippen MR) is 81.1 cm³/mol. The molecule has 0 aromatic carbocycles. The van der Waals surface area contributed by atoms with Gasteiger partial charge >= 0.3 is 6.09 Å². The van der Waals surface area contributed by atoms with Gasteiger partial charge in [-0.05, 0) is 20.8 Å². The Labute approximate surface area is 142 Å². The maximum absolute atomic E-state index is 14.1. The minimum atomic E-state index is -3.30. The minimum Gasteiger partial charge on any atom is -0.444 e. The van der Waals surface area contributed by atoms with E-state index < -0.39 is 36.1 Å². The average Bonchev–Trinajstić information content (AvgIpc) is 2.73.